The van der Waals surface area contributed by atoms with Gasteiger partial charge in [-0.25, -0.2) is 0 Å². The van der Waals surface area contributed by atoms with E-state index >= 15 is 0 Å². The number of hydrogen-bond donors (Lipinski definition) is 1. The Hall–Kier alpha value is -1.66. The summed E-state index contributed by atoms with van der Waals surface area (Å²) in [5.41, 5.74) is 0.902. The summed E-state index contributed by atoms with van der Waals surface area (Å²) in [5, 5.41) is 0.606. The van der Waals surface area contributed by atoms with Gasteiger partial charge in [0, 0.05) is 6.42 Å². The lowest BCUT2D eigenvalue weighted by Crippen LogP contribution is -2.19. The molecule has 0 unspecified atom stereocenters. The molecule has 0 spiro atoms. The van der Waals surface area contributed by atoms with E-state index in [-0.39, 0.29) is 10.8 Å². The number of carbonyl (C=O) groups is 1. The van der Waals surface area contributed by atoms with Crippen LogP contribution in [-0.4, -0.2) is 11.0 Å². The van der Waals surface area contributed by atoms with Gasteiger partial charge in [-0.15, -0.1) is 0 Å². The van der Waals surface area contributed by atoms with Gasteiger partial charge >= 0.3 is 10.8 Å². The van der Waals surface area contributed by atoms with Crippen LogP contribution in [0.15, 0.2) is 27.5 Å². The molecule has 0 bridgehead atoms. The third-order valence-electron chi connectivity index (χ3n) is 4.95. The summed E-state index contributed by atoms with van der Waals surface area (Å²) in [5.74, 6) is 1.12. The van der Waals surface area contributed by atoms with E-state index in [1.54, 1.807) is 6.07 Å². The number of carbonyl (C=O) groups excluding carboxylic acids is 1. The molecule has 6 heteroatoms. The number of halogens is 1. The van der Waals surface area contributed by atoms with E-state index in [2.05, 4.69) is 27.5 Å². The fraction of sp³-hybridized carbons (Fsp3) is 0.429. The summed E-state index contributed by atoms with van der Waals surface area (Å²) in [6.07, 6.45) is 11.0. The Kier molecular flexibility index (Phi) is 7.07. The molecule has 0 amide bonds. The average molecular weight is 450 g/mol. The second-order valence-corrected chi connectivity index (χ2v) is 8.93. The minimum atomic E-state index is -0.188. The maximum atomic E-state index is 12.1. The number of benzene rings is 1. The van der Waals surface area contributed by atoms with Gasteiger partial charge in [-0.2, -0.15) is 0 Å². The molecule has 1 fully saturated rings. The maximum absolute atomic E-state index is 12.1. The van der Waals surface area contributed by atoms with Crippen molar-refractivity contribution in [2.45, 2.75) is 51.4 Å². The van der Waals surface area contributed by atoms with Crippen LogP contribution in [0.4, 0.5) is 0 Å². The molecule has 0 saturated heterocycles. The summed E-state index contributed by atoms with van der Waals surface area (Å²) in [6.45, 7) is 3.82. The van der Waals surface area contributed by atoms with E-state index in [4.69, 9.17) is 4.74 Å². The van der Waals surface area contributed by atoms with Crippen molar-refractivity contribution < 1.29 is 9.53 Å². The van der Waals surface area contributed by atoms with Crippen molar-refractivity contribution >= 4 is 45.9 Å². The highest BCUT2D eigenvalue weighted by Crippen LogP contribution is 2.29. The van der Waals surface area contributed by atoms with Gasteiger partial charge in [0.2, 0.25) is 0 Å². The number of ether oxygens (including phenoxy) is 1. The molecule has 0 aliphatic heterocycles. The number of H-pyrrole nitrogens is 1. The van der Waals surface area contributed by atoms with Crippen LogP contribution in [0, 0.1) is 5.92 Å². The Labute approximate surface area is 171 Å². The van der Waals surface area contributed by atoms with Crippen LogP contribution in [0.5, 0.6) is 5.75 Å². The van der Waals surface area contributed by atoms with Crippen molar-refractivity contribution in [3.63, 3.8) is 0 Å². The molecular weight excluding hydrogens is 426 g/mol. The zero-order chi connectivity index (χ0) is 19.2. The van der Waals surface area contributed by atoms with Gasteiger partial charge in [0.05, 0.1) is 14.4 Å². The molecule has 4 nitrogen and oxygen atoms in total. The van der Waals surface area contributed by atoms with Gasteiger partial charge in [0.25, 0.3) is 0 Å². The van der Waals surface area contributed by atoms with E-state index < -0.39 is 0 Å². The van der Waals surface area contributed by atoms with E-state index in [0.29, 0.717) is 22.0 Å². The highest BCUT2D eigenvalue weighted by molar-refractivity contribution is 9.10. The van der Waals surface area contributed by atoms with Crippen LogP contribution in [0.1, 0.15) is 56.9 Å². The summed E-state index contributed by atoms with van der Waals surface area (Å²) in [7, 11) is 0. The van der Waals surface area contributed by atoms with E-state index in [1.165, 1.54) is 32.1 Å². The molecule has 1 heterocycles. The van der Waals surface area contributed by atoms with E-state index in [9.17, 15) is 9.59 Å². The first-order valence-electron chi connectivity index (χ1n) is 9.41. The zero-order valence-corrected chi connectivity index (χ0v) is 17.7. The lowest BCUT2D eigenvalue weighted by atomic mass is 9.86. The van der Waals surface area contributed by atoms with Crippen LogP contribution < -0.4 is 19.5 Å². The molecule has 1 saturated carbocycles. The lowest BCUT2D eigenvalue weighted by molar-refractivity contribution is -0.134. The molecule has 0 atom stereocenters. The van der Waals surface area contributed by atoms with Gasteiger partial charge < -0.3 is 9.72 Å². The highest BCUT2D eigenvalue weighted by atomic mass is 79.9. The first-order valence-corrected chi connectivity index (χ1v) is 11.0. The lowest BCUT2D eigenvalue weighted by Gasteiger charge is -2.21. The summed E-state index contributed by atoms with van der Waals surface area (Å²) >= 11 is 4.59. The molecule has 1 aromatic heterocycles. The molecule has 3 rings (SSSR count). The van der Waals surface area contributed by atoms with E-state index in [1.807, 2.05) is 18.2 Å². The van der Waals surface area contributed by atoms with Crippen molar-refractivity contribution in [2.75, 3.05) is 0 Å². The largest absolute Gasteiger partial charge is 0.425 e. The van der Waals surface area contributed by atoms with Crippen LogP contribution in [0.3, 0.4) is 0 Å². The number of thiazole rings is 1. The molecule has 1 aliphatic carbocycles. The van der Waals surface area contributed by atoms with Gasteiger partial charge in [0.15, 0.2) is 0 Å². The molecule has 1 N–H and O–H groups in total. The first kappa shape index (κ1) is 20.1. The fourth-order valence-electron chi connectivity index (χ4n) is 3.51. The number of esters is 1. The minimum Gasteiger partial charge on any atom is -0.425 e. The summed E-state index contributed by atoms with van der Waals surface area (Å²) in [4.78, 5) is 26.0. The van der Waals surface area contributed by atoms with Crippen molar-refractivity contribution in [1.82, 2.24) is 4.98 Å². The van der Waals surface area contributed by atoms with Crippen LogP contribution in [0.25, 0.3) is 12.7 Å². The number of rotatable bonds is 6. The molecule has 1 aromatic carbocycles. The Balaban J connectivity index is 1.56. The van der Waals surface area contributed by atoms with Crippen LogP contribution in [-0.2, 0) is 4.79 Å². The van der Waals surface area contributed by atoms with E-state index in [0.717, 1.165) is 40.2 Å². The topological polar surface area (TPSA) is 59.2 Å². The standard InChI is InChI=1S/C21H24BrNO3S/c1-14-19(27-21(25)23-14)13-16-10-11-18(17(22)12-16)26-20(24)9-5-8-15-6-3-2-4-7-15/h10-13,15H,1-9H2,(H,23,25)/b19-13-. The first-order chi connectivity index (χ1) is 13.0. The SMILES string of the molecule is C=c1[nH]c(=O)s/c1=C\c1ccc(OC(=O)CCCC2CCCCC2)c(Br)c1. The number of nitrogens with one attached hydrogen (secondary N) is 1. The van der Waals surface area contributed by atoms with Gasteiger partial charge in [-0.05, 0) is 58.5 Å². The van der Waals surface area contributed by atoms with Gasteiger partial charge in [-0.1, -0.05) is 56.1 Å². The molecule has 144 valence electrons. The molecule has 27 heavy (non-hydrogen) atoms. The third-order valence-corrected chi connectivity index (χ3v) is 6.44. The summed E-state index contributed by atoms with van der Waals surface area (Å²) in [6, 6.07) is 5.50. The Morgan fingerprint density at radius 2 is 2.11 bits per heavy atom. The van der Waals surface area contributed by atoms with Gasteiger partial charge in [0.1, 0.15) is 5.75 Å². The predicted molar refractivity (Wildman–Crippen MR) is 113 cm³/mol. The van der Waals surface area contributed by atoms with Crippen LogP contribution >= 0.6 is 27.3 Å². The minimum absolute atomic E-state index is 0.121. The second kappa shape index (κ2) is 9.51. The second-order valence-electron chi connectivity index (χ2n) is 7.06. The normalized spacial score (nSPS) is 15.8. The number of aromatic nitrogens is 1. The fourth-order valence-corrected chi connectivity index (χ4v) is 4.73. The Bertz CT molecular complexity index is 957. The smallest absolute Gasteiger partial charge is 0.311 e. The Morgan fingerprint density at radius 1 is 1.33 bits per heavy atom. The number of hydrogen-bond acceptors (Lipinski definition) is 4. The van der Waals surface area contributed by atoms with Crippen molar-refractivity contribution in [2.24, 2.45) is 5.92 Å². The Morgan fingerprint density at radius 3 is 2.78 bits per heavy atom. The van der Waals surface area contributed by atoms with Crippen molar-refractivity contribution in [3.05, 3.63) is 47.8 Å². The molecule has 2 aromatic rings. The van der Waals surface area contributed by atoms with Gasteiger partial charge in [-0.3, -0.25) is 9.59 Å². The quantitative estimate of drug-likeness (QED) is 0.533. The third kappa shape index (κ3) is 5.91. The zero-order valence-electron chi connectivity index (χ0n) is 15.3. The average Bonchev–Trinajstić information content (AvgIpc) is 2.95. The monoisotopic (exact) mass is 449 g/mol. The molecule has 0 radical (unpaired) electrons. The summed E-state index contributed by atoms with van der Waals surface area (Å²) < 4.78 is 7.01. The van der Waals surface area contributed by atoms with Crippen molar-refractivity contribution in [3.8, 4) is 5.75 Å². The highest BCUT2D eigenvalue weighted by Gasteiger charge is 2.14. The molecule has 1 aliphatic rings. The maximum Gasteiger partial charge on any atom is 0.311 e. The van der Waals surface area contributed by atoms with Crippen LogP contribution in [0.2, 0.25) is 0 Å². The van der Waals surface area contributed by atoms with Crippen molar-refractivity contribution in [1.29, 1.82) is 0 Å². The molecular formula is C21H24BrNO3S. The predicted octanol–water partition coefficient (Wildman–Crippen LogP) is 4.09. The number of aromatic amines is 1.